The highest BCUT2D eigenvalue weighted by Crippen LogP contribution is 2.32. The number of anilines is 6. The highest BCUT2D eigenvalue weighted by atomic mass is 16.5. The molecule has 4 N–H and O–H groups in total. The van der Waals surface area contributed by atoms with E-state index in [9.17, 15) is 9.59 Å². The van der Waals surface area contributed by atoms with Gasteiger partial charge in [0.25, 0.3) is 0 Å². The van der Waals surface area contributed by atoms with Crippen molar-refractivity contribution in [2.24, 2.45) is 0 Å². The Hall–Kier alpha value is -4.64. The van der Waals surface area contributed by atoms with E-state index < -0.39 is 6.03 Å². The Balaban J connectivity index is 1.37. The second kappa shape index (κ2) is 13.2. The minimum Gasteiger partial charge on any atom is -0.494 e. The fraction of sp³-hybridized carbons (Fsp3) is 0.286. The minimum atomic E-state index is -0.493. The van der Waals surface area contributed by atoms with Crippen LogP contribution in [-0.2, 0) is 4.79 Å². The molecule has 2 aromatic carbocycles. The Morgan fingerprint density at radius 2 is 1.79 bits per heavy atom. The zero-order valence-corrected chi connectivity index (χ0v) is 22.2. The van der Waals surface area contributed by atoms with Gasteiger partial charge in [-0.25, -0.2) is 9.78 Å². The number of benzene rings is 2. The summed E-state index contributed by atoms with van der Waals surface area (Å²) in [6, 6.07) is 13.9. The van der Waals surface area contributed by atoms with Gasteiger partial charge in [-0.2, -0.15) is 4.98 Å². The third-order valence-corrected chi connectivity index (χ3v) is 6.18. The molecule has 0 atom stereocenters. The summed E-state index contributed by atoms with van der Waals surface area (Å²) < 4.78 is 5.64. The lowest BCUT2D eigenvalue weighted by molar-refractivity contribution is -0.111. The average Bonchev–Trinajstić information content (AvgIpc) is 2.94. The largest absolute Gasteiger partial charge is 0.494 e. The molecule has 4 rings (SSSR count). The van der Waals surface area contributed by atoms with Crippen molar-refractivity contribution in [2.45, 2.75) is 13.3 Å². The fourth-order valence-corrected chi connectivity index (χ4v) is 4.28. The number of hydrogen-bond acceptors (Lipinski definition) is 8. The number of methoxy groups -OCH3 is 1. The summed E-state index contributed by atoms with van der Waals surface area (Å²) in [5.41, 5.74) is 2.85. The number of piperazine rings is 1. The van der Waals surface area contributed by atoms with Gasteiger partial charge < -0.3 is 25.6 Å². The van der Waals surface area contributed by atoms with Gasteiger partial charge in [0.05, 0.1) is 12.8 Å². The standard InChI is InChI=1S/C28H34N8O3/c1-4-13-35-14-16-36(17-15-35)22-9-10-23(24(19-22)39-3)32-27-29-12-11-25(33-27)34-28(38)31-21-8-6-7-20(18-21)30-26(37)5-2/h5-12,18-19H,2,4,13-17H2,1,3H3,(H,30,37)(H3,29,31,32,33,34,38). The van der Waals surface area contributed by atoms with Crippen molar-refractivity contribution in [3.8, 4) is 5.75 Å². The van der Waals surface area contributed by atoms with E-state index in [0.29, 0.717) is 34.6 Å². The molecule has 0 aliphatic carbocycles. The van der Waals surface area contributed by atoms with Crippen LogP contribution in [0.2, 0.25) is 0 Å². The summed E-state index contributed by atoms with van der Waals surface area (Å²) in [6.45, 7) is 10.8. The normalized spacial score (nSPS) is 13.3. The lowest BCUT2D eigenvalue weighted by Gasteiger charge is -2.36. The predicted octanol–water partition coefficient (Wildman–Crippen LogP) is 4.53. The van der Waals surface area contributed by atoms with Crippen LogP contribution in [0.1, 0.15) is 13.3 Å². The number of amides is 3. The summed E-state index contributed by atoms with van der Waals surface area (Å²) in [5, 5.41) is 11.2. The first-order valence-corrected chi connectivity index (χ1v) is 12.8. The first-order chi connectivity index (χ1) is 19.0. The van der Waals surface area contributed by atoms with Gasteiger partial charge >= 0.3 is 6.03 Å². The van der Waals surface area contributed by atoms with E-state index in [1.54, 1.807) is 43.6 Å². The Morgan fingerprint density at radius 3 is 2.51 bits per heavy atom. The highest BCUT2D eigenvalue weighted by Gasteiger charge is 2.18. The van der Waals surface area contributed by atoms with Gasteiger partial charge in [-0.05, 0) is 55.4 Å². The van der Waals surface area contributed by atoms with E-state index in [1.165, 1.54) is 12.5 Å². The highest BCUT2D eigenvalue weighted by molar-refractivity contribution is 6.01. The van der Waals surface area contributed by atoms with Crippen LogP contribution in [-0.4, -0.2) is 66.6 Å². The lowest BCUT2D eigenvalue weighted by atomic mass is 10.2. The Morgan fingerprint density at radius 1 is 1.03 bits per heavy atom. The number of nitrogens with one attached hydrogen (secondary N) is 4. The van der Waals surface area contributed by atoms with Gasteiger partial charge in [0.1, 0.15) is 11.6 Å². The third-order valence-electron chi connectivity index (χ3n) is 6.18. The molecule has 1 aromatic heterocycles. The van der Waals surface area contributed by atoms with Gasteiger partial charge in [0.15, 0.2) is 0 Å². The van der Waals surface area contributed by atoms with E-state index in [4.69, 9.17) is 4.74 Å². The molecule has 0 radical (unpaired) electrons. The monoisotopic (exact) mass is 530 g/mol. The van der Waals surface area contributed by atoms with E-state index >= 15 is 0 Å². The first-order valence-electron chi connectivity index (χ1n) is 12.8. The number of hydrogen-bond donors (Lipinski definition) is 4. The summed E-state index contributed by atoms with van der Waals surface area (Å²) >= 11 is 0. The number of carbonyl (C=O) groups excluding carboxylic acids is 2. The summed E-state index contributed by atoms with van der Waals surface area (Å²) in [6.07, 6.45) is 3.89. The molecular weight excluding hydrogens is 496 g/mol. The molecule has 1 fully saturated rings. The minimum absolute atomic E-state index is 0.307. The zero-order chi connectivity index (χ0) is 27.6. The molecule has 1 aliphatic rings. The molecule has 0 bridgehead atoms. The van der Waals surface area contributed by atoms with Crippen molar-refractivity contribution in [3.05, 3.63) is 67.4 Å². The number of aromatic nitrogens is 2. The van der Waals surface area contributed by atoms with Crippen LogP contribution in [0.4, 0.5) is 39.3 Å². The number of ether oxygens (including phenoxy) is 1. The molecule has 1 aliphatic heterocycles. The van der Waals surface area contributed by atoms with Gasteiger partial charge in [-0.1, -0.05) is 19.6 Å². The number of urea groups is 1. The second-order valence-corrected chi connectivity index (χ2v) is 8.96. The van der Waals surface area contributed by atoms with Crippen LogP contribution < -0.4 is 30.9 Å². The van der Waals surface area contributed by atoms with Crippen molar-refractivity contribution in [1.29, 1.82) is 0 Å². The molecule has 39 heavy (non-hydrogen) atoms. The van der Waals surface area contributed by atoms with Crippen LogP contribution in [0.3, 0.4) is 0 Å². The Kier molecular flexibility index (Phi) is 9.30. The smallest absolute Gasteiger partial charge is 0.324 e. The van der Waals surface area contributed by atoms with Crippen molar-refractivity contribution in [1.82, 2.24) is 14.9 Å². The Bertz CT molecular complexity index is 1310. The number of rotatable bonds is 10. The van der Waals surface area contributed by atoms with Crippen molar-refractivity contribution < 1.29 is 14.3 Å². The quantitative estimate of drug-likeness (QED) is 0.282. The van der Waals surface area contributed by atoms with Gasteiger partial charge in [0.2, 0.25) is 11.9 Å². The summed E-state index contributed by atoms with van der Waals surface area (Å²) in [4.78, 5) is 37.6. The van der Waals surface area contributed by atoms with Crippen LogP contribution in [0, 0.1) is 0 Å². The maximum Gasteiger partial charge on any atom is 0.324 e. The molecule has 2 heterocycles. The van der Waals surface area contributed by atoms with Crippen molar-refractivity contribution in [3.63, 3.8) is 0 Å². The van der Waals surface area contributed by atoms with Gasteiger partial charge in [-0.3, -0.25) is 15.0 Å². The molecular formula is C28H34N8O3. The van der Waals surface area contributed by atoms with E-state index in [1.807, 2.05) is 12.1 Å². The molecule has 11 heteroatoms. The molecule has 0 saturated carbocycles. The van der Waals surface area contributed by atoms with Crippen LogP contribution >= 0.6 is 0 Å². The molecule has 11 nitrogen and oxygen atoms in total. The molecule has 0 unspecified atom stereocenters. The van der Waals surface area contributed by atoms with Crippen molar-refractivity contribution >= 4 is 46.5 Å². The maximum atomic E-state index is 12.6. The number of nitrogens with zero attached hydrogens (tertiary/aromatic N) is 4. The van der Waals surface area contributed by atoms with E-state index in [0.717, 1.165) is 38.4 Å². The topological polar surface area (TPSA) is 124 Å². The van der Waals surface area contributed by atoms with Gasteiger partial charge in [-0.15, -0.1) is 0 Å². The van der Waals surface area contributed by atoms with Crippen LogP contribution in [0.15, 0.2) is 67.4 Å². The molecule has 204 valence electrons. The SMILES string of the molecule is C=CC(=O)Nc1cccc(NC(=O)Nc2ccnc(Nc3ccc(N4CCN(CCC)CC4)cc3OC)n2)c1. The maximum absolute atomic E-state index is 12.6. The zero-order valence-electron chi connectivity index (χ0n) is 22.2. The van der Waals surface area contributed by atoms with Gasteiger partial charge in [0, 0.05) is 55.5 Å². The molecule has 3 aromatic rings. The van der Waals surface area contributed by atoms with Crippen molar-refractivity contribution in [2.75, 3.05) is 66.0 Å². The molecule has 1 saturated heterocycles. The lowest BCUT2D eigenvalue weighted by Crippen LogP contribution is -2.46. The summed E-state index contributed by atoms with van der Waals surface area (Å²) in [7, 11) is 1.63. The number of carbonyl (C=O) groups is 2. The van der Waals surface area contributed by atoms with Crippen LogP contribution in [0.5, 0.6) is 5.75 Å². The molecule has 0 spiro atoms. The van der Waals surface area contributed by atoms with Crippen LogP contribution in [0.25, 0.3) is 0 Å². The fourth-order valence-electron chi connectivity index (χ4n) is 4.28. The van der Waals surface area contributed by atoms with E-state index in [-0.39, 0.29) is 5.91 Å². The predicted molar refractivity (Wildman–Crippen MR) is 155 cm³/mol. The Labute approximate surface area is 228 Å². The average molecular weight is 531 g/mol. The third kappa shape index (κ3) is 7.68. The van der Waals surface area contributed by atoms with E-state index in [2.05, 4.69) is 60.6 Å². The molecule has 3 amide bonds. The first kappa shape index (κ1) is 27.4. The summed E-state index contributed by atoms with van der Waals surface area (Å²) in [5.74, 6) is 0.948. The second-order valence-electron chi connectivity index (χ2n) is 8.96.